The molecule has 0 aromatic carbocycles. The van der Waals surface area contributed by atoms with Crippen molar-refractivity contribution in [1.82, 2.24) is 9.78 Å². The molecular formula is C11H19BrN2O. The Morgan fingerprint density at radius 3 is 2.33 bits per heavy atom. The van der Waals surface area contributed by atoms with Crippen LogP contribution in [0.1, 0.15) is 33.4 Å². The zero-order chi connectivity index (χ0) is 11.6. The van der Waals surface area contributed by atoms with Gasteiger partial charge < -0.3 is 0 Å². The third kappa shape index (κ3) is 3.23. The van der Waals surface area contributed by atoms with Crippen molar-refractivity contribution in [2.45, 2.75) is 40.7 Å². The van der Waals surface area contributed by atoms with Crippen LogP contribution in [0.25, 0.3) is 0 Å². The fourth-order valence-electron chi connectivity index (χ4n) is 1.55. The lowest BCUT2D eigenvalue weighted by atomic mass is 10.1. The van der Waals surface area contributed by atoms with Crippen molar-refractivity contribution < 1.29 is 0 Å². The molecule has 0 atom stereocenters. The predicted octanol–water partition coefficient (Wildman–Crippen LogP) is 2.79. The molecule has 0 aliphatic heterocycles. The van der Waals surface area contributed by atoms with Gasteiger partial charge in [0.2, 0.25) is 0 Å². The van der Waals surface area contributed by atoms with Crippen LogP contribution in [0.15, 0.2) is 9.27 Å². The third-order valence-corrected chi connectivity index (χ3v) is 2.95. The number of hydrogen-bond donors (Lipinski definition) is 1. The number of aromatic nitrogens is 2. The van der Waals surface area contributed by atoms with Crippen LogP contribution in [0.5, 0.6) is 0 Å². The van der Waals surface area contributed by atoms with Crippen molar-refractivity contribution in [2.75, 3.05) is 0 Å². The van der Waals surface area contributed by atoms with Gasteiger partial charge in [-0.1, -0.05) is 27.7 Å². The summed E-state index contributed by atoms with van der Waals surface area (Å²) >= 11 is 3.35. The maximum atomic E-state index is 11.8. The van der Waals surface area contributed by atoms with Gasteiger partial charge in [0.05, 0.1) is 5.69 Å². The molecule has 0 fully saturated rings. The molecule has 0 saturated heterocycles. The quantitative estimate of drug-likeness (QED) is 0.901. The Kier molecular flexibility index (Phi) is 4.20. The van der Waals surface area contributed by atoms with Gasteiger partial charge in [-0.15, -0.1) is 0 Å². The predicted molar refractivity (Wildman–Crippen MR) is 66.1 cm³/mol. The molecule has 15 heavy (non-hydrogen) atoms. The zero-order valence-electron chi connectivity index (χ0n) is 9.80. The number of halogens is 1. The van der Waals surface area contributed by atoms with E-state index in [1.165, 1.54) is 0 Å². The zero-order valence-corrected chi connectivity index (χ0v) is 11.4. The van der Waals surface area contributed by atoms with Crippen LogP contribution >= 0.6 is 15.9 Å². The highest BCUT2D eigenvalue weighted by Gasteiger charge is 2.12. The highest BCUT2D eigenvalue weighted by atomic mass is 79.9. The molecule has 0 radical (unpaired) electrons. The topological polar surface area (TPSA) is 37.8 Å². The lowest BCUT2D eigenvalue weighted by molar-refractivity contribution is 0.467. The van der Waals surface area contributed by atoms with Gasteiger partial charge in [-0.3, -0.25) is 14.6 Å². The molecule has 1 rings (SSSR count). The second-order valence-corrected chi connectivity index (χ2v) is 5.60. The van der Waals surface area contributed by atoms with Crippen LogP contribution in [0.2, 0.25) is 0 Å². The van der Waals surface area contributed by atoms with Crippen molar-refractivity contribution in [3.63, 3.8) is 0 Å². The minimum absolute atomic E-state index is 0.0550. The number of rotatable bonds is 4. The Morgan fingerprint density at radius 2 is 1.87 bits per heavy atom. The van der Waals surface area contributed by atoms with E-state index in [-0.39, 0.29) is 5.56 Å². The van der Waals surface area contributed by atoms with Gasteiger partial charge in [0.1, 0.15) is 4.47 Å². The normalized spacial score (nSPS) is 11.7. The van der Waals surface area contributed by atoms with Gasteiger partial charge >= 0.3 is 0 Å². The lowest BCUT2D eigenvalue weighted by Gasteiger charge is -2.05. The molecule has 1 N–H and O–H groups in total. The van der Waals surface area contributed by atoms with E-state index in [2.05, 4.69) is 48.7 Å². The van der Waals surface area contributed by atoms with E-state index < -0.39 is 0 Å². The molecule has 0 unspecified atom stereocenters. The van der Waals surface area contributed by atoms with Crippen molar-refractivity contribution in [1.29, 1.82) is 0 Å². The molecule has 86 valence electrons. The summed E-state index contributed by atoms with van der Waals surface area (Å²) in [7, 11) is 0. The molecule has 1 heterocycles. The van der Waals surface area contributed by atoms with E-state index >= 15 is 0 Å². The molecule has 0 aliphatic carbocycles. The summed E-state index contributed by atoms with van der Waals surface area (Å²) in [6, 6.07) is 0. The summed E-state index contributed by atoms with van der Waals surface area (Å²) in [6.07, 6.45) is 0.904. The second kappa shape index (κ2) is 5.01. The van der Waals surface area contributed by atoms with Crippen LogP contribution in [-0.4, -0.2) is 9.78 Å². The first-order chi connectivity index (χ1) is 6.91. The molecule has 1 aromatic heterocycles. The van der Waals surface area contributed by atoms with Crippen molar-refractivity contribution in [2.24, 2.45) is 11.8 Å². The monoisotopic (exact) mass is 274 g/mol. The number of hydrogen-bond acceptors (Lipinski definition) is 1. The fourth-order valence-corrected chi connectivity index (χ4v) is 2.01. The number of nitrogens with zero attached hydrogens (tertiary/aromatic N) is 1. The molecule has 0 bridgehead atoms. The van der Waals surface area contributed by atoms with E-state index in [9.17, 15) is 4.79 Å². The SMILES string of the molecule is CC(C)Cc1[nH]n(CC(C)C)c(=O)c1Br. The van der Waals surface area contributed by atoms with E-state index in [4.69, 9.17) is 0 Å². The van der Waals surface area contributed by atoms with E-state index in [1.54, 1.807) is 4.68 Å². The van der Waals surface area contributed by atoms with Crippen molar-refractivity contribution >= 4 is 15.9 Å². The van der Waals surface area contributed by atoms with Crippen LogP contribution in [0.4, 0.5) is 0 Å². The Balaban J connectivity index is 2.96. The first-order valence-electron chi connectivity index (χ1n) is 5.39. The Labute approximate surface area is 99.0 Å². The van der Waals surface area contributed by atoms with Gasteiger partial charge in [-0.2, -0.15) is 0 Å². The number of H-pyrrole nitrogens is 1. The molecule has 0 saturated carbocycles. The Morgan fingerprint density at radius 1 is 1.27 bits per heavy atom. The molecule has 0 amide bonds. The molecule has 0 spiro atoms. The first-order valence-corrected chi connectivity index (χ1v) is 6.18. The highest BCUT2D eigenvalue weighted by Crippen LogP contribution is 2.14. The summed E-state index contributed by atoms with van der Waals surface area (Å²) in [4.78, 5) is 11.8. The summed E-state index contributed by atoms with van der Waals surface area (Å²) in [5.74, 6) is 1.02. The highest BCUT2D eigenvalue weighted by molar-refractivity contribution is 9.10. The van der Waals surface area contributed by atoms with Gasteiger partial charge in [-0.25, -0.2) is 0 Å². The maximum absolute atomic E-state index is 11.8. The van der Waals surface area contributed by atoms with E-state index in [1.807, 2.05) is 0 Å². The Bertz CT molecular complexity index is 376. The number of nitrogens with one attached hydrogen (secondary N) is 1. The van der Waals surface area contributed by atoms with Crippen molar-refractivity contribution in [3.8, 4) is 0 Å². The minimum atomic E-state index is 0.0550. The van der Waals surface area contributed by atoms with Gasteiger partial charge in [0, 0.05) is 6.54 Å². The summed E-state index contributed by atoms with van der Waals surface area (Å²) < 4.78 is 2.38. The van der Waals surface area contributed by atoms with Crippen LogP contribution < -0.4 is 5.56 Å². The average Bonchev–Trinajstić information content (AvgIpc) is 2.32. The molecule has 0 aliphatic rings. The standard InChI is InChI=1S/C11H19BrN2O/c1-7(2)5-9-10(12)11(15)14(13-9)6-8(3)4/h7-8,13H,5-6H2,1-4H3. The van der Waals surface area contributed by atoms with Crippen LogP contribution in [-0.2, 0) is 13.0 Å². The van der Waals surface area contributed by atoms with E-state index in [0.29, 0.717) is 16.3 Å². The van der Waals surface area contributed by atoms with Crippen LogP contribution in [0.3, 0.4) is 0 Å². The second-order valence-electron chi connectivity index (χ2n) is 4.81. The first kappa shape index (κ1) is 12.6. The fraction of sp³-hybridized carbons (Fsp3) is 0.727. The average molecular weight is 275 g/mol. The molecule has 1 aromatic rings. The summed E-state index contributed by atoms with van der Waals surface area (Å²) in [5.41, 5.74) is 1.06. The third-order valence-electron chi connectivity index (χ3n) is 2.13. The number of aromatic amines is 1. The summed E-state index contributed by atoms with van der Waals surface area (Å²) in [6.45, 7) is 9.23. The van der Waals surface area contributed by atoms with Crippen LogP contribution in [0, 0.1) is 11.8 Å². The lowest BCUT2D eigenvalue weighted by Crippen LogP contribution is -2.19. The minimum Gasteiger partial charge on any atom is -0.299 e. The molecular weight excluding hydrogens is 256 g/mol. The van der Waals surface area contributed by atoms with E-state index in [0.717, 1.165) is 18.7 Å². The largest absolute Gasteiger partial charge is 0.299 e. The smallest absolute Gasteiger partial charge is 0.281 e. The van der Waals surface area contributed by atoms with Crippen molar-refractivity contribution in [3.05, 3.63) is 20.5 Å². The Hall–Kier alpha value is -0.510. The maximum Gasteiger partial charge on any atom is 0.281 e. The van der Waals surface area contributed by atoms with Gasteiger partial charge in [-0.05, 0) is 34.2 Å². The summed E-state index contributed by atoms with van der Waals surface area (Å²) in [5, 5.41) is 3.17. The van der Waals surface area contributed by atoms with Gasteiger partial charge in [0.25, 0.3) is 5.56 Å². The molecule has 3 nitrogen and oxygen atoms in total. The molecule has 4 heteroatoms. The van der Waals surface area contributed by atoms with Gasteiger partial charge in [0.15, 0.2) is 0 Å².